The van der Waals surface area contributed by atoms with Crippen molar-refractivity contribution in [1.29, 1.82) is 0 Å². The van der Waals surface area contributed by atoms with Gasteiger partial charge in [-0.2, -0.15) is 0 Å². The van der Waals surface area contributed by atoms with Crippen LogP contribution < -0.4 is 11.1 Å². The number of carbonyl (C=O) groups excluding carboxylic acids is 1. The van der Waals surface area contributed by atoms with Gasteiger partial charge < -0.3 is 11.1 Å². The molecule has 0 spiro atoms. The average Bonchev–Trinajstić information content (AvgIpc) is 2.44. The Kier molecular flexibility index (Phi) is 5.78. The molecule has 3 N–H and O–H groups in total. The number of thioether (sulfide) groups is 1. The van der Waals surface area contributed by atoms with Gasteiger partial charge in [0.2, 0.25) is 5.91 Å². The van der Waals surface area contributed by atoms with E-state index in [0.717, 1.165) is 27.9 Å². The van der Waals surface area contributed by atoms with Crippen LogP contribution in [0.5, 0.6) is 0 Å². The molecule has 0 aliphatic heterocycles. The summed E-state index contributed by atoms with van der Waals surface area (Å²) in [5.41, 5.74) is 6.67. The number of hydrogen-bond donors (Lipinski definition) is 2. The van der Waals surface area contributed by atoms with Crippen molar-refractivity contribution in [3.63, 3.8) is 0 Å². The Labute approximate surface area is 133 Å². The predicted molar refractivity (Wildman–Crippen MR) is 88.9 cm³/mol. The summed E-state index contributed by atoms with van der Waals surface area (Å²) in [6.07, 6.45) is 5.98. The van der Waals surface area contributed by atoms with Crippen LogP contribution in [0.2, 0.25) is 0 Å². The van der Waals surface area contributed by atoms with Crippen molar-refractivity contribution in [2.45, 2.75) is 55.2 Å². The van der Waals surface area contributed by atoms with Crippen molar-refractivity contribution in [1.82, 2.24) is 5.32 Å². The Morgan fingerprint density at radius 2 is 2.10 bits per heavy atom. The lowest BCUT2D eigenvalue weighted by molar-refractivity contribution is -0.121. The van der Waals surface area contributed by atoms with Crippen LogP contribution in [-0.4, -0.2) is 17.2 Å². The number of carbonyl (C=O) groups is 1. The zero-order valence-corrected chi connectivity index (χ0v) is 14.1. The molecule has 1 aliphatic carbocycles. The van der Waals surface area contributed by atoms with Crippen molar-refractivity contribution in [3.8, 4) is 0 Å². The fourth-order valence-corrected chi connectivity index (χ4v) is 3.89. The molecular formula is C15H21BrN2OS. The maximum Gasteiger partial charge on any atom is 0.233 e. The summed E-state index contributed by atoms with van der Waals surface area (Å²) >= 11 is 4.95. The molecule has 1 aromatic carbocycles. The summed E-state index contributed by atoms with van der Waals surface area (Å²) in [6.45, 7) is 1.93. The Balaban J connectivity index is 1.91. The second-order valence-electron chi connectivity index (χ2n) is 5.29. The van der Waals surface area contributed by atoms with Gasteiger partial charge in [-0.05, 0) is 38.0 Å². The summed E-state index contributed by atoms with van der Waals surface area (Å²) in [5, 5.41) is 3.03. The van der Waals surface area contributed by atoms with Crippen molar-refractivity contribution >= 4 is 39.3 Å². The smallest absolute Gasteiger partial charge is 0.233 e. The monoisotopic (exact) mass is 356 g/mol. The van der Waals surface area contributed by atoms with E-state index in [4.69, 9.17) is 5.73 Å². The first-order valence-corrected chi connectivity index (χ1v) is 8.75. The van der Waals surface area contributed by atoms with Gasteiger partial charge in [0.05, 0.1) is 5.25 Å². The highest BCUT2D eigenvalue weighted by atomic mass is 79.9. The fraction of sp³-hybridized carbons (Fsp3) is 0.533. The molecule has 5 heteroatoms. The zero-order valence-electron chi connectivity index (χ0n) is 11.7. The van der Waals surface area contributed by atoms with E-state index in [2.05, 4.69) is 21.2 Å². The number of halogens is 1. The topological polar surface area (TPSA) is 55.1 Å². The van der Waals surface area contributed by atoms with Gasteiger partial charge >= 0.3 is 0 Å². The Hall–Kier alpha value is -0.680. The van der Waals surface area contributed by atoms with Gasteiger partial charge in [0, 0.05) is 21.1 Å². The molecule has 1 aromatic rings. The molecule has 0 radical (unpaired) electrons. The molecular weight excluding hydrogens is 336 g/mol. The van der Waals surface area contributed by atoms with Crippen LogP contribution in [0.3, 0.4) is 0 Å². The number of nitrogens with one attached hydrogen (secondary N) is 1. The summed E-state index contributed by atoms with van der Waals surface area (Å²) in [7, 11) is 0. The number of nitrogens with two attached hydrogens (primary N) is 1. The Morgan fingerprint density at radius 1 is 1.40 bits per heavy atom. The first-order valence-electron chi connectivity index (χ1n) is 7.08. The first-order chi connectivity index (χ1) is 9.56. The lowest BCUT2D eigenvalue weighted by atomic mass is 9.95. The Bertz CT molecular complexity index is 475. The molecule has 2 rings (SSSR count). The minimum Gasteiger partial charge on any atom is -0.398 e. The quantitative estimate of drug-likeness (QED) is 0.634. The molecule has 0 bridgehead atoms. The van der Waals surface area contributed by atoms with Gasteiger partial charge in [-0.3, -0.25) is 4.79 Å². The highest BCUT2D eigenvalue weighted by Gasteiger charge is 2.20. The molecule has 1 saturated carbocycles. The molecule has 1 unspecified atom stereocenters. The van der Waals surface area contributed by atoms with E-state index >= 15 is 0 Å². The molecule has 0 aromatic heterocycles. The number of nitrogen functional groups attached to an aromatic ring is 1. The molecule has 20 heavy (non-hydrogen) atoms. The van der Waals surface area contributed by atoms with Crippen LogP contribution in [0.25, 0.3) is 0 Å². The number of hydrogen-bond acceptors (Lipinski definition) is 3. The molecule has 1 amide bonds. The van der Waals surface area contributed by atoms with Crippen LogP contribution in [-0.2, 0) is 4.79 Å². The third-order valence-corrected chi connectivity index (χ3v) is 5.27. The summed E-state index contributed by atoms with van der Waals surface area (Å²) in [5.74, 6) is 0.112. The molecule has 0 saturated heterocycles. The minimum absolute atomic E-state index is 0.112. The van der Waals surface area contributed by atoms with Crippen molar-refractivity contribution < 1.29 is 4.79 Å². The second kappa shape index (κ2) is 7.36. The molecule has 1 aliphatic rings. The van der Waals surface area contributed by atoms with E-state index in [1.54, 1.807) is 0 Å². The van der Waals surface area contributed by atoms with E-state index < -0.39 is 0 Å². The molecule has 1 fully saturated rings. The average molecular weight is 357 g/mol. The van der Waals surface area contributed by atoms with Crippen LogP contribution in [0.1, 0.15) is 39.0 Å². The predicted octanol–water partition coefficient (Wildman–Crippen LogP) is 3.96. The highest BCUT2D eigenvalue weighted by molar-refractivity contribution is 9.10. The molecule has 110 valence electrons. The standard InChI is InChI=1S/C15H21BrN2OS/c1-10(15(19)18-12-5-3-2-4-6-12)20-14-9-11(16)7-8-13(14)17/h7-10,12H,2-6,17H2,1H3,(H,18,19). The van der Waals surface area contributed by atoms with Gasteiger partial charge in [0.15, 0.2) is 0 Å². The van der Waals surface area contributed by atoms with E-state index in [1.165, 1.54) is 31.0 Å². The lowest BCUT2D eigenvalue weighted by Crippen LogP contribution is -2.40. The van der Waals surface area contributed by atoms with Gasteiger partial charge in [-0.25, -0.2) is 0 Å². The normalized spacial score (nSPS) is 17.7. The summed E-state index contributed by atoms with van der Waals surface area (Å²) in [4.78, 5) is 13.2. The van der Waals surface area contributed by atoms with Gasteiger partial charge in [-0.15, -0.1) is 11.8 Å². The molecule has 0 heterocycles. The van der Waals surface area contributed by atoms with Gasteiger partial charge in [0.1, 0.15) is 0 Å². The van der Waals surface area contributed by atoms with Crippen LogP contribution >= 0.6 is 27.7 Å². The van der Waals surface area contributed by atoms with E-state index in [9.17, 15) is 4.79 Å². The maximum atomic E-state index is 12.2. The maximum absolute atomic E-state index is 12.2. The largest absolute Gasteiger partial charge is 0.398 e. The number of anilines is 1. The molecule has 3 nitrogen and oxygen atoms in total. The first kappa shape index (κ1) is 15.7. The molecule has 1 atom stereocenters. The SMILES string of the molecule is CC(Sc1cc(Br)ccc1N)C(=O)NC1CCCCC1. The lowest BCUT2D eigenvalue weighted by Gasteiger charge is -2.24. The van der Waals surface area contributed by atoms with Crippen LogP contribution in [0.4, 0.5) is 5.69 Å². The van der Waals surface area contributed by atoms with Gasteiger partial charge in [-0.1, -0.05) is 35.2 Å². The Morgan fingerprint density at radius 3 is 2.80 bits per heavy atom. The number of benzene rings is 1. The highest BCUT2D eigenvalue weighted by Crippen LogP contribution is 2.31. The van der Waals surface area contributed by atoms with E-state index in [0.29, 0.717) is 6.04 Å². The second-order valence-corrected chi connectivity index (χ2v) is 7.58. The fourth-order valence-electron chi connectivity index (χ4n) is 2.42. The third-order valence-electron chi connectivity index (χ3n) is 3.60. The van der Waals surface area contributed by atoms with Crippen molar-refractivity contribution in [3.05, 3.63) is 22.7 Å². The summed E-state index contributed by atoms with van der Waals surface area (Å²) < 4.78 is 0.981. The minimum atomic E-state index is -0.131. The summed E-state index contributed by atoms with van der Waals surface area (Å²) in [6, 6.07) is 6.09. The zero-order chi connectivity index (χ0) is 14.5. The van der Waals surface area contributed by atoms with Crippen molar-refractivity contribution in [2.75, 3.05) is 5.73 Å². The van der Waals surface area contributed by atoms with E-state index in [1.807, 2.05) is 25.1 Å². The third kappa shape index (κ3) is 4.42. The van der Waals surface area contributed by atoms with Crippen LogP contribution in [0, 0.1) is 0 Å². The van der Waals surface area contributed by atoms with Crippen LogP contribution in [0.15, 0.2) is 27.6 Å². The number of rotatable bonds is 4. The van der Waals surface area contributed by atoms with Gasteiger partial charge in [0.25, 0.3) is 0 Å². The number of amides is 1. The van der Waals surface area contributed by atoms with Crippen molar-refractivity contribution in [2.24, 2.45) is 0 Å². The van der Waals surface area contributed by atoms with E-state index in [-0.39, 0.29) is 11.2 Å².